The molecule has 0 aromatic heterocycles. The summed E-state index contributed by atoms with van der Waals surface area (Å²) >= 11 is 3.43. The number of fused-ring (bicyclic) bond motifs is 1. The van der Waals surface area contributed by atoms with E-state index >= 15 is 0 Å². The molecule has 122 valence electrons. The van der Waals surface area contributed by atoms with Crippen molar-refractivity contribution in [3.8, 4) is 17.2 Å². The van der Waals surface area contributed by atoms with Gasteiger partial charge in [-0.05, 0) is 41.1 Å². The lowest BCUT2D eigenvalue weighted by Gasteiger charge is -2.14. The molecule has 0 spiro atoms. The van der Waals surface area contributed by atoms with Crippen LogP contribution < -0.4 is 9.47 Å². The van der Waals surface area contributed by atoms with Crippen LogP contribution in [0.3, 0.4) is 0 Å². The minimum absolute atomic E-state index is 0.119. The predicted molar refractivity (Wildman–Crippen MR) is 96.3 cm³/mol. The molecule has 0 bridgehead atoms. The first-order valence-corrected chi connectivity index (χ1v) is 8.03. The minimum Gasteiger partial charge on any atom is -0.507 e. The van der Waals surface area contributed by atoms with Crippen LogP contribution in [0, 0.1) is 0 Å². The number of ether oxygens (including phenoxy) is 2. The number of carbonyl (C=O) groups excluding carboxylic acids is 1. The van der Waals surface area contributed by atoms with Crippen LogP contribution in [-0.4, -0.2) is 25.1 Å². The van der Waals surface area contributed by atoms with Gasteiger partial charge in [0.15, 0.2) is 0 Å². The van der Waals surface area contributed by atoms with Gasteiger partial charge in [0.2, 0.25) is 5.78 Å². The zero-order valence-corrected chi connectivity index (χ0v) is 14.8. The van der Waals surface area contributed by atoms with Crippen molar-refractivity contribution in [3.63, 3.8) is 0 Å². The van der Waals surface area contributed by atoms with E-state index in [2.05, 4.69) is 15.9 Å². The molecule has 0 heterocycles. The molecule has 3 rings (SSSR count). The van der Waals surface area contributed by atoms with Gasteiger partial charge in [-0.2, -0.15) is 0 Å². The van der Waals surface area contributed by atoms with E-state index in [1.807, 2.05) is 24.3 Å². The van der Waals surface area contributed by atoms with Crippen LogP contribution >= 0.6 is 15.9 Å². The number of halogens is 1. The zero-order valence-electron chi connectivity index (χ0n) is 13.2. The lowest BCUT2D eigenvalue weighted by molar-refractivity contribution is 0.103. The minimum atomic E-state index is -0.352. The second-order valence-electron chi connectivity index (χ2n) is 5.19. The van der Waals surface area contributed by atoms with Crippen molar-refractivity contribution >= 4 is 32.5 Å². The number of phenols is 1. The maximum Gasteiger partial charge on any atom is 0.204 e. The molecule has 0 aliphatic heterocycles. The SMILES string of the molecule is COc1cccc(O)c1C(=O)c1c(OC)ccc2cc(Br)ccc12. The van der Waals surface area contributed by atoms with E-state index in [0.717, 1.165) is 15.2 Å². The smallest absolute Gasteiger partial charge is 0.204 e. The van der Waals surface area contributed by atoms with Crippen LogP contribution in [0.4, 0.5) is 0 Å². The number of carbonyl (C=O) groups is 1. The molecule has 24 heavy (non-hydrogen) atoms. The first kappa shape index (κ1) is 16.3. The summed E-state index contributed by atoms with van der Waals surface area (Å²) in [5.74, 6) is 0.279. The van der Waals surface area contributed by atoms with Gasteiger partial charge in [0.25, 0.3) is 0 Å². The Morgan fingerprint density at radius 3 is 2.38 bits per heavy atom. The van der Waals surface area contributed by atoms with Crippen molar-refractivity contribution in [2.24, 2.45) is 0 Å². The molecule has 0 fully saturated rings. The summed E-state index contributed by atoms with van der Waals surface area (Å²) in [6.45, 7) is 0. The summed E-state index contributed by atoms with van der Waals surface area (Å²) in [6, 6.07) is 14.0. The summed E-state index contributed by atoms with van der Waals surface area (Å²) in [6.07, 6.45) is 0. The number of phenolic OH excluding ortho intramolecular Hbond substituents is 1. The largest absolute Gasteiger partial charge is 0.507 e. The van der Waals surface area contributed by atoms with E-state index in [-0.39, 0.29) is 17.1 Å². The van der Waals surface area contributed by atoms with Crippen molar-refractivity contribution < 1.29 is 19.4 Å². The summed E-state index contributed by atoms with van der Waals surface area (Å²) in [5.41, 5.74) is 0.510. The Hall–Kier alpha value is -2.53. The molecule has 5 heteroatoms. The number of hydrogen-bond acceptors (Lipinski definition) is 4. The molecule has 3 aromatic carbocycles. The number of methoxy groups -OCH3 is 2. The van der Waals surface area contributed by atoms with Gasteiger partial charge in [-0.3, -0.25) is 4.79 Å². The normalized spacial score (nSPS) is 10.6. The van der Waals surface area contributed by atoms with Crippen LogP contribution in [0.5, 0.6) is 17.2 Å². The van der Waals surface area contributed by atoms with Crippen molar-refractivity contribution in [1.82, 2.24) is 0 Å². The fourth-order valence-electron chi connectivity index (χ4n) is 2.73. The summed E-state index contributed by atoms with van der Waals surface area (Å²) in [5, 5.41) is 11.8. The Morgan fingerprint density at radius 2 is 1.67 bits per heavy atom. The summed E-state index contributed by atoms with van der Waals surface area (Å²) < 4.78 is 11.5. The highest BCUT2D eigenvalue weighted by Crippen LogP contribution is 2.36. The Morgan fingerprint density at radius 1 is 0.958 bits per heavy atom. The molecule has 1 N–H and O–H groups in total. The standard InChI is InChI=1S/C19H15BrO4/c1-23-15-5-3-4-14(21)18(15)19(22)17-13-8-7-12(20)10-11(13)6-9-16(17)24-2/h3-10,21H,1-2H3. The number of hydrogen-bond donors (Lipinski definition) is 1. The van der Waals surface area contributed by atoms with Gasteiger partial charge in [0.1, 0.15) is 22.8 Å². The number of benzene rings is 3. The van der Waals surface area contributed by atoms with Gasteiger partial charge < -0.3 is 14.6 Å². The van der Waals surface area contributed by atoms with Crippen molar-refractivity contribution in [2.75, 3.05) is 14.2 Å². The van der Waals surface area contributed by atoms with E-state index < -0.39 is 0 Å². The lowest BCUT2D eigenvalue weighted by atomic mass is 9.95. The molecule has 0 unspecified atom stereocenters. The molecule has 3 aromatic rings. The Balaban J connectivity index is 2.31. The van der Waals surface area contributed by atoms with Crippen molar-refractivity contribution in [3.05, 3.63) is 64.1 Å². The molecule has 0 atom stereocenters. The molecular weight excluding hydrogens is 372 g/mol. The first-order valence-electron chi connectivity index (χ1n) is 7.23. The third-order valence-corrected chi connectivity index (χ3v) is 4.34. The lowest BCUT2D eigenvalue weighted by Crippen LogP contribution is -2.07. The summed E-state index contributed by atoms with van der Waals surface area (Å²) in [4.78, 5) is 13.2. The van der Waals surface area contributed by atoms with Crippen LogP contribution in [0.2, 0.25) is 0 Å². The van der Waals surface area contributed by atoms with E-state index in [0.29, 0.717) is 17.1 Å². The molecule has 0 aliphatic carbocycles. The number of ketones is 1. The fourth-order valence-corrected chi connectivity index (χ4v) is 3.11. The third-order valence-electron chi connectivity index (χ3n) is 3.84. The van der Waals surface area contributed by atoms with Crippen molar-refractivity contribution in [1.29, 1.82) is 0 Å². The van der Waals surface area contributed by atoms with E-state index in [1.54, 1.807) is 18.2 Å². The van der Waals surface area contributed by atoms with Gasteiger partial charge in [-0.25, -0.2) is 0 Å². The average molecular weight is 387 g/mol. The van der Waals surface area contributed by atoms with Gasteiger partial charge in [-0.15, -0.1) is 0 Å². The third kappa shape index (κ3) is 2.71. The molecule has 0 saturated carbocycles. The van der Waals surface area contributed by atoms with E-state index in [9.17, 15) is 9.90 Å². The van der Waals surface area contributed by atoms with Crippen LogP contribution in [0.25, 0.3) is 10.8 Å². The topological polar surface area (TPSA) is 55.8 Å². The second kappa shape index (κ2) is 6.53. The number of aromatic hydroxyl groups is 1. The van der Waals surface area contributed by atoms with Gasteiger partial charge in [0.05, 0.1) is 19.8 Å². The second-order valence-corrected chi connectivity index (χ2v) is 6.11. The van der Waals surface area contributed by atoms with Crippen LogP contribution in [0.1, 0.15) is 15.9 Å². The van der Waals surface area contributed by atoms with Gasteiger partial charge in [-0.1, -0.05) is 34.1 Å². The molecule has 0 amide bonds. The average Bonchev–Trinajstić information content (AvgIpc) is 2.59. The molecule has 0 saturated heterocycles. The monoisotopic (exact) mass is 386 g/mol. The molecule has 4 nitrogen and oxygen atoms in total. The Labute approximate surface area is 147 Å². The Kier molecular flexibility index (Phi) is 4.44. The molecule has 0 aliphatic rings. The highest BCUT2D eigenvalue weighted by molar-refractivity contribution is 9.10. The highest BCUT2D eigenvalue weighted by Gasteiger charge is 2.24. The fraction of sp³-hybridized carbons (Fsp3) is 0.105. The van der Waals surface area contributed by atoms with Crippen LogP contribution in [-0.2, 0) is 0 Å². The van der Waals surface area contributed by atoms with Gasteiger partial charge >= 0.3 is 0 Å². The molecule has 0 radical (unpaired) electrons. The first-order chi connectivity index (χ1) is 11.6. The highest BCUT2D eigenvalue weighted by atomic mass is 79.9. The zero-order chi connectivity index (χ0) is 17.3. The maximum atomic E-state index is 13.2. The molecular formula is C19H15BrO4. The summed E-state index contributed by atoms with van der Waals surface area (Å²) in [7, 11) is 2.97. The van der Waals surface area contributed by atoms with Gasteiger partial charge in [0, 0.05) is 4.47 Å². The maximum absolute atomic E-state index is 13.2. The predicted octanol–water partition coefficient (Wildman–Crippen LogP) is 4.56. The van der Waals surface area contributed by atoms with E-state index in [1.165, 1.54) is 20.3 Å². The Bertz CT molecular complexity index is 934. The number of rotatable bonds is 4. The van der Waals surface area contributed by atoms with E-state index in [4.69, 9.17) is 9.47 Å². The quantitative estimate of drug-likeness (QED) is 0.667. The van der Waals surface area contributed by atoms with Crippen molar-refractivity contribution in [2.45, 2.75) is 0 Å². The van der Waals surface area contributed by atoms with Crippen LogP contribution in [0.15, 0.2) is 53.0 Å².